The molecule has 2 aromatic rings. The monoisotopic (exact) mass is 512 g/mol. The van der Waals surface area contributed by atoms with Crippen molar-refractivity contribution in [1.29, 1.82) is 0 Å². The number of hydrogen-bond acceptors (Lipinski definition) is 7. The zero-order valence-electron chi connectivity index (χ0n) is 21.5. The third-order valence-electron chi connectivity index (χ3n) is 8.82. The molecule has 5 rings (SSSR count). The number of carbonyl (C=O) groups is 2. The molecule has 1 aliphatic carbocycles. The summed E-state index contributed by atoms with van der Waals surface area (Å²) in [6.07, 6.45) is 3.26. The van der Waals surface area contributed by atoms with Crippen LogP contribution in [0.15, 0.2) is 45.8 Å². The van der Waals surface area contributed by atoms with E-state index < -0.39 is 16.4 Å². The SMILES string of the molecule is CC1(C)C2(C(=O)N3CCCN(Cc4cc(=O)c(OCc5cccc(F)c5)co4)CC3)CC[C@@]1(C)C(=O)O2. The number of rotatable bonds is 6. The number of benzene rings is 1. The number of fused-ring (bicyclic) bond motifs is 2. The molecular weight excluding hydrogens is 479 g/mol. The Hall–Kier alpha value is -3.20. The van der Waals surface area contributed by atoms with Crippen molar-refractivity contribution in [2.75, 3.05) is 26.2 Å². The van der Waals surface area contributed by atoms with E-state index in [1.165, 1.54) is 24.5 Å². The van der Waals surface area contributed by atoms with Gasteiger partial charge in [-0.25, -0.2) is 4.39 Å². The van der Waals surface area contributed by atoms with Crippen molar-refractivity contribution in [3.63, 3.8) is 0 Å². The number of hydrogen-bond donors (Lipinski definition) is 0. The average molecular weight is 513 g/mol. The molecule has 0 N–H and O–H groups in total. The van der Waals surface area contributed by atoms with E-state index in [4.69, 9.17) is 13.9 Å². The summed E-state index contributed by atoms with van der Waals surface area (Å²) >= 11 is 0. The number of carbonyl (C=O) groups excluding carboxylic acids is 2. The molecule has 3 fully saturated rings. The Labute approximate surface area is 215 Å². The van der Waals surface area contributed by atoms with Crippen molar-refractivity contribution in [1.82, 2.24) is 9.80 Å². The average Bonchev–Trinajstić information content (AvgIpc) is 3.04. The number of ether oxygens (including phenoxy) is 2. The molecule has 198 valence electrons. The van der Waals surface area contributed by atoms with Crippen molar-refractivity contribution in [2.24, 2.45) is 10.8 Å². The molecule has 3 aliphatic rings. The molecule has 2 atom stereocenters. The molecule has 2 bridgehead atoms. The Morgan fingerprint density at radius 3 is 2.57 bits per heavy atom. The van der Waals surface area contributed by atoms with Crippen LogP contribution < -0.4 is 10.2 Å². The fraction of sp³-hybridized carbons (Fsp3) is 0.536. The van der Waals surface area contributed by atoms with E-state index in [1.807, 2.05) is 25.7 Å². The standard InChI is InChI=1S/C28H33FN2O6/c1-26(2)27(3)8-9-28(26,37-25(27)34)24(33)31-11-5-10-30(12-13-31)16-21-15-22(32)23(18-35-21)36-17-19-6-4-7-20(29)14-19/h4,6-7,14-15,18H,5,8-13,16-17H2,1-3H3/t27-,28?/m0/s1. The maximum atomic E-state index is 13.7. The highest BCUT2D eigenvalue weighted by Crippen LogP contribution is 2.66. The van der Waals surface area contributed by atoms with E-state index in [0.717, 1.165) is 13.0 Å². The molecule has 1 aromatic carbocycles. The molecule has 3 heterocycles. The van der Waals surface area contributed by atoms with Gasteiger partial charge in [0.1, 0.15) is 24.4 Å². The maximum absolute atomic E-state index is 13.7. The van der Waals surface area contributed by atoms with Gasteiger partial charge in [-0.3, -0.25) is 19.3 Å². The van der Waals surface area contributed by atoms with Crippen LogP contribution in [0.4, 0.5) is 4.39 Å². The summed E-state index contributed by atoms with van der Waals surface area (Å²) in [7, 11) is 0. The normalized spacial score (nSPS) is 27.1. The van der Waals surface area contributed by atoms with E-state index in [9.17, 15) is 18.8 Å². The summed E-state index contributed by atoms with van der Waals surface area (Å²) in [5, 5.41) is 0. The van der Waals surface area contributed by atoms with Crippen LogP contribution in [0, 0.1) is 16.6 Å². The molecule has 1 aromatic heterocycles. The van der Waals surface area contributed by atoms with Crippen LogP contribution in [0.5, 0.6) is 5.75 Å². The molecule has 8 nitrogen and oxygen atoms in total. The van der Waals surface area contributed by atoms with Gasteiger partial charge in [-0.2, -0.15) is 0 Å². The first-order valence-electron chi connectivity index (χ1n) is 12.8. The molecule has 1 amide bonds. The predicted octanol–water partition coefficient (Wildman–Crippen LogP) is 3.51. The molecule has 9 heteroatoms. The second kappa shape index (κ2) is 9.28. The fourth-order valence-corrected chi connectivity index (χ4v) is 5.94. The summed E-state index contributed by atoms with van der Waals surface area (Å²) < 4.78 is 30.3. The van der Waals surface area contributed by atoms with Crippen molar-refractivity contribution in [2.45, 2.75) is 58.8 Å². The van der Waals surface area contributed by atoms with Gasteiger partial charge in [0.2, 0.25) is 11.2 Å². The van der Waals surface area contributed by atoms with Gasteiger partial charge in [-0.15, -0.1) is 0 Å². The van der Waals surface area contributed by atoms with Gasteiger partial charge in [-0.05, 0) is 43.9 Å². The van der Waals surface area contributed by atoms with Gasteiger partial charge in [0.15, 0.2) is 5.60 Å². The van der Waals surface area contributed by atoms with Crippen LogP contribution in [0.1, 0.15) is 51.4 Å². The van der Waals surface area contributed by atoms with Crippen molar-refractivity contribution < 1.29 is 27.9 Å². The molecular formula is C28H33FN2O6. The van der Waals surface area contributed by atoms with Crippen LogP contribution in [0.2, 0.25) is 0 Å². The van der Waals surface area contributed by atoms with Crippen LogP contribution in [-0.4, -0.2) is 53.5 Å². The van der Waals surface area contributed by atoms with E-state index in [-0.39, 0.29) is 35.5 Å². The Morgan fingerprint density at radius 1 is 1.08 bits per heavy atom. The summed E-state index contributed by atoms with van der Waals surface area (Å²) in [6, 6.07) is 7.41. The maximum Gasteiger partial charge on any atom is 0.313 e. The fourth-order valence-electron chi connectivity index (χ4n) is 5.94. The first-order chi connectivity index (χ1) is 17.6. The highest BCUT2D eigenvalue weighted by atomic mass is 19.1. The van der Waals surface area contributed by atoms with Crippen LogP contribution in [0.3, 0.4) is 0 Å². The van der Waals surface area contributed by atoms with Crippen LogP contribution in [-0.2, 0) is 27.5 Å². The van der Waals surface area contributed by atoms with Gasteiger partial charge in [-0.1, -0.05) is 26.0 Å². The van der Waals surface area contributed by atoms with Gasteiger partial charge in [0.25, 0.3) is 5.91 Å². The van der Waals surface area contributed by atoms with Crippen LogP contribution in [0.25, 0.3) is 0 Å². The van der Waals surface area contributed by atoms with Gasteiger partial charge < -0.3 is 18.8 Å². The summed E-state index contributed by atoms with van der Waals surface area (Å²) in [5.74, 6) is -0.168. The molecule has 1 saturated carbocycles. The number of nitrogens with zero attached hydrogens (tertiary/aromatic N) is 2. The van der Waals surface area contributed by atoms with Crippen LogP contribution >= 0.6 is 0 Å². The lowest BCUT2D eigenvalue weighted by molar-refractivity contribution is -0.174. The Kier molecular flexibility index (Phi) is 6.38. The molecule has 1 unspecified atom stereocenters. The van der Waals surface area contributed by atoms with Crippen molar-refractivity contribution in [3.8, 4) is 5.75 Å². The Morgan fingerprint density at radius 2 is 1.89 bits per heavy atom. The highest BCUT2D eigenvalue weighted by Gasteiger charge is 2.76. The van der Waals surface area contributed by atoms with E-state index in [1.54, 1.807) is 12.1 Å². The summed E-state index contributed by atoms with van der Waals surface area (Å²) in [5.41, 5.74) is -1.99. The lowest BCUT2D eigenvalue weighted by Crippen LogP contribution is -2.55. The van der Waals surface area contributed by atoms with Gasteiger partial charge in [0.05, 0.1) is 12.0 Å². The lowest BCUT2D eigenvalue weighted by Gasteiger charge is -2.38. The van der Waals surface area contributed by atoms with E-state index in [0.29, 0.717) is 50.3 Å². The Balaban J connectivity index is 1.19. The third kappa shape index (κ3) is 4.23. The molecule has 0 radical (unpaired) electrons. The predicted molar refractivity (Wildman–Crippen MR) is 132 cm³/mol. The Bertz CT molecular complexity index is 1280. The zero-order valence-corrected chi connectivity index (χ0v) is 21.5. The topological polar surface area (TPSA) is 89.3 Å². The first-order valence-corrected chi connectivity index (χ1v) is 12.8. The quantitative estimate of drug-likeness (QED) is 0.547. The number of esters is 1. The summed E-state index contributed by atoms with van der Waals surface area (Å²) in [4.78, 5) is 42.8. The minimum Gasteiger partial charge on any atom is -0.482 e. The zero-order chi connectivity index (χ0) is 26.4. The molecule has 2 aliphatic heterocycles. The molecule has 37 heavy (non-hydrogen) atoms. The third-order valence-corrected chi connectivity index (χ3v) is 8.82. The molecule has 2 saturated heterocycles. The lowest BCUT2D eigenvalue weighted by atomic mass is 9.66. The smallest absolute Gasteiger partial charge is 0.313 e. The first kappa shape index (κ1) is 25.4. The van der Waals surface area contributed by atoms with E-state index >= 15 is 0 Å². The van der Waals surface area contributed by atoms with Crippen molar-refractivity contribution >= 4 is 11.9 Å². The van der Waals surface area contributed by atoms with E-state index in [2.05, 4.69) is 4.90 Å². The largest absolute Gasteiger partial charge is 0.482 e. The minimum atomic E-state index is -1.10. The van der Waals surface area contributed by atoms with Crippen molar-refractivity contribution in [3.05, 3.63) is 64.0 Å². The number of halogens is 1. The minimum absolute atomic E-state index is 0.0601. The highest BCUT2D eigenvalue weighted by molar-refractivity contribution is 5.96. The molecule has 0 spiro atoms. The number of amides is 1. The second-order valence-electron chi connectivity index (χ2n) is 11.1. The van der Waals surface area contributed by atoms with Gasteiger partial charge >= 0.3 is 5.97 Å². The second-order valence-corrected chi connectivity index (χ2v) is 11.1. The van der Waals surface area contributed by atoms with Gasteiger partial charge in [0, 0.05) is 37.7 Å². The summed E-state index contributed by atoms with van der Waals surface area (Å²) in [6.45, 7) is 8.76.